The van der Waals surface area contributed by atoms with E-state index in [0.29, 0.717) is 6.54 Å². The molecule has 0 aliphatic heterocycles. The van der Waals surface area contributed by atoms with Crippen molar-refractivity contribution in [1.29, 1.82) is 0 Å². The first-order valence-electron chi connectivity index (χ1n) is 3.53. The van der Waals surface area contributed by atoms with E-state index in [2.05, 4.69) is 31.1 Å². The predicted octanol–water partition coefficient (Wildman–Crippen LogP) is 2.55. The Morgan fingerprint density at radius 2 is 2.33 bits per heavy atom. The second kappa shape index (κ2) is 4.80. The molecule has 0 atom stereocenters. The van der Waals surface area contributed by atoms with Gasteiger partial charge < -0.3 is 0 Å². The second-order valence-corrected chi connectivity index (χ2v) is 3.13. The van der Waals surface area contributed by atoms with Crippen LogP contribution in [0.4, 0.5) is 0 Å². The molecule has 0 radical (unpaired) electrons. The van der Waals surface area contributed by atoms with Gasteiger partial charge in [-0.1, -0.05) is 28.1 Å². The van der Waals surface area contributed by atoms with E-state index in [0.717, 1.165) is 10.0 Å². The Morgan fingerprint density at radius 3 is 3.00 bits per heavy atom. The van der Waals surface area contributed by atoms with Gasteiger partial charge in [0.15, 0.2) is 0 Å². The lowest BCUT2D eigenvalue weighted by atomic mass is 10.2. The Bertz CT molecular complexity index is 316. The van der Waals surface area contributed by atoms with Crippen LogP contribution in [0.2, 0.25) is 0 Å². The Hall–Kier alpha value is -0.990. The van der Waals surface area contributed by atoms with Gasteiger partial charge in [-0.15, -0.1) is 0 Å². The van der Waals surface area contributed by atoms with Crippen LogP contribution in [0.3, 0.4) is 0 Å². The maximum Gasteiger partial charge on any atom is 0.217 e. The fourth-order valence-electron chi connectivity index (χ4n) is 0.812. The normalized spacial score (nSPS) is 8.83. The molecule has 0 amide bonds. The van der Waals surface area contributed by atoms with Crippen molar-refractivity contribution in [2.24, 2.45) is 10.2 Å². The topological polar surface area (TPSA) is 38.8 Å². The van der Waals surface area contributed by atoms with Gasteiger partial charge >= 0.3 is 0 Å². The molecule has 12 heavy (non-hydrogen) atoms. The molecular weight excluding hydrogens is 218 g/mol. The molecule has 0 heterocycles. The molecule has 0 bridgehead atoms. The Morgan fingerprint density at radius 1 is 1.50 bits per heavy atom. The van der Waals surface area contributed by atoms with E-state index < -0.39 is 0 Å². The number of nitrogens with zero attached hydrogens (tertiary/aromatic N) is 3. The summed E-state index contributed by atoms with van der Waals surface area (Å²) in [5.74, 6) is 0. The molecule has 0 unspecified atom stereocenters. The summed E-state index contributed by atoms with van der Waals surface area (Å²) in [5.41, 5.74) is 1.12. The summed E-state index contributed by atoms with van der Waals surface area (Å²) < 4.78 is 1.06. The first-order valence-corrected chi connectivity index (χ1v) is 4.32. The van der Waals surface area contributed by atoms with Crippen LogP contribution < -0.4 is 4.91 Å². The number of hydrogen-bond donors (Lipinski definition) is 0. The minimum Gasteiger partial charge on any atom is -0.0608 e. The molecule has 0 aromatic heterocycles. The van der Waals surface area contributed by atoms with Crippen molar-refractivity contribution >= 4 is 15.9 Å². The van der Waals surface area contributed by atoms with E-state index in [1.165, 1.54) is 0 Å². The summed E-state index contributed by atoms with van der Waals surface area (Å²) in [7, 11) is 1.60. The molecule has 0 saturated carbocycles. The highest BCUT2D eigenvalue weighted by molar-refractivity contribution is 9.10. The zero-order chi connectivity index (χ0) is 8.81. The number of hydrogen-bond acceptors (Lipinski definition) is 2. The van der Waals surface area contributed by atoms with E-state index in [1.54, 1.807) is 7.05 Å². The van der Waals surface area contributed by atoms with Gasteiger partial charge in [0.05, 0.1) is 0 Å². The molecule has 0 N–H and O–H groups in total. The van der Waals surface area contributed by atoms with Crippen LogP contribution in [0.25, 0.3) is 0 Å². The maximum absolute atomic E-state index is 3.84. The number of benzene rings is 1. The van der Waals surface area contributed by atoms with Crippen molar-refractivity contribution in [3.8, 4) is 0 Å². The van der Waals surface area contributed by atoms with Gasteiger partial charge in [-0.3, -0.25) is 0 Å². The molecule has 62 valence electrons. The average Bonchev–Trinajstić information content (AvgIpc) is 2.05. The fourth-order valence-corrected chi connectivity index (χ4v) is 1.26. The van der Waals surface area contributed by atoms with Crippen LogP contribution in [0.1, 0.15) is 5.56 Å². The third kappa shape index (κ3) is 2.95. The molecule has 0 fully saturated rings. The minimum atomic E-state index is 0.580. The van der Waals surface area contributed by atoms with Crippen LogP contribution in [0, 0.1) is 0 Å². The van der Waals surface area contributed by atoms with Crippen LogP contribution in [-0.4, -0.2) is 7.05 Å². The average molecular weight is 227 g/mol. The van der Waals surface area contributed by atoms with Gasteiger partial charge in [-0.25, -0.2) is 0 Å². The summed E-state index contributed by atoms with van der Waals surface area (Å²) >= 11 is 3.38. The van der Waals surface area contributed by atoms with E-state index in [4.69, 9.17) is 0 Å². The van der Waals surface area contributed by atoms with Crippen LogP contribution in [0.5, 0.6) is 0 Å². The summed E-state index contributed by atoms with van der Waals surface area (Å²) in [6.07, 6.45) is 0. The van der Waals surface area contributed by atoms with Crippen molar-refractivity contribution < 1.29 is 0 Å². The number of rotatable bonds is 2. The lowest BCUT2D eigenvalue weighted by Crippen LogP contribution is -1.80. The molecule has 0 aliphatic carbocycles. The third-order valence-electron chi connectivity index (χ3n) is 1.30. The van der Waals surface area contributed by atoms with Crippen LogP contribution in [0.15, 0.2) is 39.0 Å². The Kier molecular flexibility index (Phi) is 3.64. The number of halogens is 1. The van der Waals surface area contributed by atoms with Crippen molar-refractivity contribution in [3.63, 3.8) is 0 Å². The molecule has 0 saturated heterocycles. The van der Waals surface area contributed by atoms with E-state index >= 15 is 0 Å². The molecule has 1 aromatic carbocycles. The SMILES string of the molecule is CN=[N+]=NCc1cccc(Br)c1. The first kappa shape index (κ1) is 9.10. The smallest absolute Gasteiger partial charge is 0.0608 e. The lowest BCUT2D eigenvalue weighted by Gasteiger charge is -1.91. The zero-order valence-electron chi connectivity index (χ0n) is 6.74. The standard InChI is InChI=1S/C8H9BrN3/c1-10-12-11-6-7-3-2-4-8(9)5-7/h2-5H,6H2,1H3/q+1. The van der Waals surface area contributed by atoms with Gasteiger partial charge in [0.25, 0.3) is 0 Å². The Labute approximate surface area is 79.4 Å². The van der Waals surface area contributed by atoms with Gasteiger partial charge in [0.2, 0.25) is 4.91 Å². The maximum atomic E-state index is 3.84. The molecule has 0 spiro atoms. The van der Waals surface area contributed by atoms with Gasteiger partial charge in [0.1, 0.15) is 23.8 Å². The zero-order valence-corrected chi connectivity index (χ0v) is 8.32. The highest BCUT2D eigenvalue weighted by atomic mass is 79.9. The van der Waals surface area contributed by atoms with Crippen LogP contribution >= 0.6 is 15.9 Å². The van der Waals surface area contributed by atoms with Gasteiger partial charge in [-0.2, -0.15) is 0 Å². The van der Waals surface area contributed by atoms with Gasteiger partial charge in [0, 0.05) is 4.47 Å². The van der Waals surface area contributed by atoms with Crippen molar-refractivity contribution in [1.82, 2.24) is 4.91 Å². The molecule has 1 aromatic rings. The fraction of sp³-hybridized carbons (Fsp3) is 0.250. The highest BCUT2D eigenvalue weighted by Gasteiger charge is 1.94. The molecular formula is C8H9BrN3+. The summed E-state index contributed by atoms with van der Waals surface area (Å²) in [5, 5.41) is 7.36. The second-order valence-electron chi connectivity index (χ2n) is 2.22. The minimum absolute atomic E-state index is 0.580. The molecule has 0 aliphatic rings. The summed E-state index contributed by atoms with van der Waals surface area (Å²) in [6, 6.07) is 7.96. The largest absolute Gasteiger partial charge is 0.217 e. The Balaban J connectivity index is 2.70. The highest BCUT2D eigenvalue weighted by Crippen LogP contribution is 2.11. The monoisotopic (exact) mass is 226 g/mol. The quantitative estimate of drug-likeness (QED) is 0.550. The van der Waals surface area contributed by atoms with Crippen molar-refractivity contribution in [2.75, 3.05) is 7.05 Å². The first-order chi connectivity index (χ1) is 5.83. The molecule has 3 nitrogen and oxygen atoms in total. The third-order valence-corrected chi connectivity index (χ3v) is 1.79. The van der Waals surface area contributed by atoms with E-state index in [-0.39, 0.29) is 0 Å². The predicted molar refractivity (Wildman–Crippen MR) is 50.8 cm³/mol. The summed E-state index contributed by atoms with van der Waals surface area (Å²) in [6.45, 7) is 0.580. The molecule has 1 rings (SSSR count). The van der Waals surface area contributed by atoms with E-state index in [9.17, 15) is 0 Å². The van der Waals surface area contributed by atoms with Crippen molar-refractivity contribution in [2.45, 2.75) is 6.54 Å². The lowest BCUT2D eigenvalue weighted by molar-refractivity contribution is 0.877. The van der Waals surface area contributed by atoms with Crippen molar-refractivity contribution in [3.05, 3.63) is 34.3 Å². The van der Waals surface area contributed by atoms with Crippen LogP contribution in [-0.2, 0) is 6.54 Å². The summed E-state index contributed by atoms with van der Waals surface area (Å²) in [4.78, 5) is 3.53. The molecule has 4 heteroatoms. The van der Waals surface area contributed by atoms with E-state index in [1.807, 2.05) is 24.3 Å². The van der Waals surface area contributed by atoms with Gasteiger partial charge in [-0.05, 0) is 17.7 Å².